The first-order chi connectivity index (χ1) is 18.0. The molecule has 2 saturated heterocycles. The van der Waals surface area contributed by atoms with Crippen LogP contribution in [0.15, 0.2) is 48.8 Å². The van der Waals surface area contributed by atoms with Crippen molar-refractivity contribution in [3.63, 3.8) is 0 Å². The van der Waals surface area contributed by atoms with Crippen LogP contribution < -0.4 is 5.32 Å². The Morgan fingerprint density at radius 2 is 1.38 bits per heavy atom. The zero-order chi connectivity index (χ0) is 29.4. The Balaban J connectivity index is 0.000000317. The molecule has 2 aliphatic rings. The van der Waals surface area contributed by atoms with Crippen molar-refractivity contribution >= 4 is 17.8 Å². The molecule has 1 aromatic carbocycles. The first kappa shape index (κ1) is 31.5. The van der Waals surface area contributed by atoms with Gasteiger partial charge in [-0.1, -0.05) is 12.1 Å². The third-order valence-electron chi connectivity index (χ3n) is 6.11. The number of hydrogen-bond acceptors (Lipinski definition) is 5. The van der Waals surface area contributed by atoms with E-state index in [1.165, 1.54) is 17.7 Å². The summed E-state index contributed by atoms with van der Waals surface area (Å²) in [6.45, 7) is 2.68. The van der Waals surface area contributed by atoms with Gasteiger partial charge in [-0.2, -0.15) is 26.3 Å². The van der Waals surface area contributed by atoms with Crippen molar-refractivity contribution in [2.75, 3.05) is 13.1 Å². The Kier molecular flexibility index (Phi) is 10.4. The van der Waals surface area contributed by atoms with Gasteiger partial charge >= 0.3 is 24.3 Å². The number of aromatic nitrogens is 1. The van der Waals surface area contributed by atoms with Gasteiger partial charge in [-0.25, -0.2) is 14.0 Å². The van der Waals surface area contributed by atoms with E-state index in [0.29, 0.717) is 6.42 Å². The topological polar surface area (TPSA) is 120 Å². The van der Waals surface area contributed by atoms with Crippen LogP contribution in [0.25, 0.3) is 0 Å². The first-order valence-corrected chi connectivity index (χ1v) is 11.3. The predicted octanol–water partition coefficient (Wildman–Crippen LogP) is 4.13. The molecule has 4 rings (SSSR count). The summed E-state index contributed by atoms with van der Waals surface area (Å²) >= 11 is 0. The number of hydrogen-bond donors (Lipinski definition) is 3. The maximum atomic E-state index is 13.0. The molecule has 39 heavy (non-hydrogen) atoms. The van der Waals surface area contributed by atoms with Gasteiger partial charge in [0, 0.05) is 49.9 Å². The fourth-order valence-electron chi connectivity index (χ4n) is 4.26. The fourth-order valence-corrected chi connectivity index (χ4v) is 4.26. The molecule has 8 nitrogen and oxygen atoms in total. The minimum atomic E-state index is -5.08. The van der Waals surface area contributed by atoms with Crippen LogP contribution in [0.2, 0.25) is 0 Å². The molecular weight excluding hydrogens is 543 g/mol. The van der Waals surface area contributed by atoms with E-state index in [4.69, 9.17) is 19.8 Å². The SMILES string of the molecule is O=C(O)C(F)(F)F.O=C(O)C(F)(F)F.O=C1CC(c2ccncc2)C2(CCN(Cc3ccc(F)cc3)CC2)N1. The van der Waals surface area contributed by atoms with Gasteiger partial charge < -0.3 is 15.5 Å². The van der Waals surface area contributed by atoms with Crippen molar-refractivity contribution in [1.82, 2.24) is 15.2 Å². The van der Waals surface area contributed by atoms with Crippen LogP contribution >= 0.6 is 0 Å². The summed E-state index contributed by atoms with van der Waals surface area (Å²) in [6, 6.07) is 10.8. The second-order valence-corrected chi connectivity index (χ2v) is 8.75. The highest BCUT2D eigenvalue weighted by atomic mass is 19.4. The number of carbonyl (C=O) groups is 3. The number of rotatable bonds is 3. The molecule has 2 aromatic rings. The molecule has 2 fully saturated rings. The van der Waals surface area contributed by atoms with E-state index in [1.54, 1.807) is 12.4 Å². The van der Waals surface area contributed by atoms with Crippen molar-refractivity contribution in [2.24, 2.45) is 0 Å². The normalized spacial score (nSPS) is 18.7. The van der Waals surface area contributed by atoms with E-state index < -0.39 is 24.3 Å². The Morgan fingerprint density at radius 1 is 0.923 bits per heavy atom. The molecule has 15 heteroatoms. The van der Waals surface area contributed by atoms with Crippen molar-refractivity contribution < 1.29 is 55.3 Å². The summed E-state index contributed by atoms with van der Waals surface area (Å²) in [6.07, 6.45) is -4.13. The molecule has 0 radical (unpaired) electrons. The third kappa shape index (κ3) is 9.50. The summed E-state index contributed by atoms with van der Waals surface area (Å²) < 4.78 is 76.5. The number of carboxylic acid groups (broad SMARTS) is 2. The Morgan fingerprint density at radius 3 is 1.82 bits per heavy atom. The average molecular weight is 567 g/mol. The number of benzene rings is 1. The number of amides is 1. The lowest BCUT2D eigenvalue weighted by Gasteiger charge is -2.43. The van der Waals surface area contributed by atoms with Crippen LogP contribution in [-0.2, 0) is 20.9 Å². The van der Waals surface area contributed by atoms with Crippen LogP contribution in [0, 0.1) is 5.82 Å². The molecule has 0 bridgehead atoms. The lowest BCUT2D eigenvalue weighted by molar-refractivity contribution is -0.193. The molecule has 1 atom stereocenters. The van der Waals surface area contributed by atoms with Crippen LogP contribution in [0.4, 0.5) is 30.7 Å². The number of likely N-dealkylation sites (tertiary alicyclic amines) is 1. The molecule has 1 unspecified atom stereocenters. The number of carboxylic acids is 2. The minimum absolute atomic E-state index is 0.141. The molecule has 0 saturated carbocycles. The van der Waals surface area contributed by atoms with Crippen LogP contribution in [0.1, 0.15) is 36.3 Å². The number of pyridine rings is 1. The quantitative estimate of drug-likeness (QED) is 0.478. The van der Waals surface area contributed by atoms with E-state index >= 15 is 0 Å². The molecule has 3 N–H and O–H groups in total. The second-order valence-electron chi connectivity index (χ2n) is 8.75. The summed E-state index contributed by atoms with van der Waals surface area (Å²) in [5, 5.41) is 17.5. The molecule has 3 heterocycles. The Hall–Kier alpha value is -3.75. The lowest BCUT2D eigenvalue weighted by atomic mass is 9.74. The molecule has 214 valence electrons. The summed E-state index contributed by atoms with van der Waals surface area (Å²) in [5.41, 5.74) is 2.18. The molecule has 1 amide bonds. The van der Waals surface area contributed by atoms with Crippen LogP contribution in [-0.4, -0.2) is 68.9 Å². The van der Waals surface area contributed by atoms with Crippen molar-refractivity contribution in [3.8, 4) is 0 Å². The highest BCUT2D eigenvalue weighted by Crippen LogP contribution is 2.43. The maximum Gasteiger partial charge on any atom is 0.490 e. The van der Waals surface area contributed by atoms with Gasteiger partial charge in [0.05, 0.1) is 0 Å². The average Bonchev–Trinajstić information content (AvgIpc) is 3.17. The number of carbonyl (C=O) groups excluding carboxylic acids is 1. The summed E-state index contributed by atoms with van der Waals surface area (Å²) in [7, 11) is 0. The van der Waals surface area contributed by atoms with Gasteiger partial charge in [0.1, 0.15) is 5.82 Å². The summed E-state index contributed by atoms with van der Waals surface area (Å²) in [4.78, 5) is 36.4. The molecule has 0 aliphatic carbocycles. The largest absolute Gasteiger partial charge is 0.490 e. The minimum Gasteiger partial charge on any atom is -0.475 e. The van der Waals surface area contributed by atoms with Gasteiger partial charge in [0.2, 0.25) is 5.91 Å². The van der Waals surface area contributed by atoms with Crippen LogP contribution in [0.5, 0.6) is 0 Å². The van der Waals surface area contributed by atoms with Gasteiger partial charge in [-0.05, 0) is 48.2 Å². The van der Waals surface area contributed by atoms with E-state index in [1.807, 2.05) is 24.3 Å². The van der Waals surface area contributed by atoms with Crippen molar-refractivity contribution in [2.45, 2.75) is 49.6 Å². The van der Waals surface area contributed by atoms with E-state index in [9.17, 15) is 35.5 Å². The van der Waals surface area contributed by atoms with E-state index in [0.717, 1.165) is 38.0 Å². The fraction of sp³-hybridized carbons (Fsp3) is 0.417. The Labute approximate surface area is 217 Å². The smallest absolute Gasteiger partial charge is 0.475 e. The van der Waals surface area contributed by atoms with Crippen molar-refractivity contribution in [1.29, 1.82) is 0 Å². The monoisotopic (exact) mass is 567 g/mol. The van der Waals surface area contributed by atoms with E-state index in [2.05, 4.69) is 15.2 Å². The lowest BCUT2D eigenvalue weighted by Crippen LogP contribution is -2.53. The molecular formula is C24H24F7N3O5. The second kappa shape index (κ2) is 12.9. The molecule has 1 spiro atoms. The third-order valence-corrected chi connectivity index (χ3v) is 6.11. The van der Waals surface area contributed by atoms with Crippen molar-refractivity contribution in [3.05, 3.63) is 65.7 Å². The first-order valence-electron chi connectivity index (χ1n) is 11.3. The van der Waals surface area contributed by atoms with Gasteiger partial charge in [-0.3, -0.25) is 14.7 Å². The number of aliphatic carboxylic acids is 2. The van der Waals surface area contributed by atoms with Gasteiger partial charge in [-0.15, -0.1) is 0 Å². The van der Waals surface area contributed by atoms with Crippen LogP contribution in [0.3, 0.4) is 0 Å². The standard InChI is InChI=1S/C20H22FN3O.2C2HF3O2/c21-17-3-1-15(2-4-17)14-24-11-7-20(8-12-24)18(13-19(25)23-20)16-5-9-22-10-6-16;2*3-2(4,5)1(6)7/h1-6,9-10,18H,7-8,11-14H2,(H,23,25);2*(H,6,7). The van der Waals surface area contributed by atoms with Gasteiger partial charge in [0.25, 0.3) is 0 Å². The number of nitrogens with zero attached hydrogens (tertiary/aromatic N) is 2. The zero-order valence-electron chi connectivity index (χ0n) is 20.1. The van der Waals surface area contributed by atoms with Gasteiger partial charge in [0.15, 0.2) is 0 Å². The Bertz CT molecular complexity index is 1090. The zero-order valence-corrected chi connectivity index (χ0v) is 20.1. The molecule has 1 aromatic heterocycles. The molecule has 2 aliphatic heterocycles. The number of halogens is 7. The highest BCUT2D eigenvalue weighted by Gasteiger charge is 2.48. The van der Waals surface area contributed by atoms with E-state index in [-0.39, 0.29) is 23.2 Å². The number of nitrogens with one attached hydrogen (secondary N) is 1. The number of piperidine rings is 1. The predicted molar refractivity (Wildman–Crippen MR) is 121 cm³/mol. The number of alkyl halides is 6. The summed E-state index contributed by atoms with van der Waals surface area (Å²) in [5.74, 6) is -5.35. The maximum absolute atomic E-state index is 13.0. The highest BCUT2D eigenvalue weighted by molar-refractivity contribution is 5.81.